The fraction of sp³-hybridized carbons (Fsp3) is 0.889. The van der Waals surface area contributed by atoms with Crippen LogP contribution in [-0.2, 0) is 33.4 Å². The number of amides is 1. The topological polar surface area (TPSA) is 104 Å². The number of hydroxylamine groups is 2. The molecule has 0 spiro atoms. The fourth-order valence-corrected chi connectivity index (χ4v) is 2.21. The number of aliphatic carboxylic acids is 1. The third kappa shape index (κ3) is 6.39. The van der Waals surface area contributed by atoms with Crippen molar-refractivity contribution >= 4 is 11.9 Å². The molecule has 1 amide bonds. The van der Waals surface area contributed by atoms with E-state index in [1.807, 2.05) is 13.8 Å². The smallest absolute Gasteiger partial charge is 0.314 e. The molecule has 2 aliphatic rings. The molecule has 0 bridgehead atoms. The lowest BCUT2D eigenvalue weighted by atomic mass is 9.90. The van der Waals surface area contributed by atoms with Gasteiger partial charge in [0.15, 0.2) is 11.6 Å². The third-order valence-electron chi connectivity index (χ3n) is 4.55. The van der Waals surface area contributed by atoms with Crippen LogP contribution in [0, 0.1) is 10.8 Å². The Labute approximate surface area is 160 Å². The number of nitrogens with zero attached hydrogens (tertiary/aromatic N) is 1. The highest BCUT2D eigenvalue weighted by atomic mass is 16.7. The van der Waals surface area contributed by atoms with E-state index < -0.39 is 28.4 Å². The number of ether oxygens (including phenoxy) is 4. The largest absolute Gasteiger partial charge is 0.481 e. The van der Waals surface area contributed by atoms with Crippen LogP contribution in [0.5, 0.6) is 0 Å². The van der Waals surface area contributed by atoms with Gasteiger partial charge in [0.1, 0.15) is 5.41 Å². The van der Waals surface area contributed by atoms with Gasteiger partial charge in [-0.15, -0.1) is 0 Å². The van der Waals surface area contributed by atoms with Crippen molar-refractivity contribution < 1.29 is 38.5 Å². The summed E-state index contributed by atoms with van der Waals surface area (Å²) in [5, 5.41) is 10.0. The van der Waals surface area contributed by atoms with Crippen LogP contribution < -0.4 is 0 Å². The predicted octanol–water partition coefficient (Wildman–Crippen LogP) is 1.66. The molecular weight excluding hydrogens is 358 g/mol. The molecule has 0 aromatic carbocycles. The van der Waals surface area contributed by atoms with Gasteiger partial charge in [0.25, 0.3) is 5.91 Å². The molecule has 0 saturated carbocycles. The van der Waals surface area contributed by atoms with Gasteiger partial charge in [-0.2, -0.15) is 0 Å². The van der Waals surface area contributed by atoms with E-state index in [0.29, 0.717) is 13.2 Å². The maximum atomic E-state index is 11.9. The highest BCUT2D eigenvalue weighted by molar-refractivity contribution is 5.81. The zero-order chi connectivity index (χ0) is 21.1. The molecule has 2 heterocycles. The minimum absolute atomic E-state index is 0.138. The van der Waals surface area contributed by atoms with Crippen molar-refractivity contribution in [3.05, 3.63) is 0 Å². The zero-order valence-electron chi connectivity index (χ0n) is 17.6. The van der Waals surface area contributed by atoms with Crippen LogP contribution in [-0.4, -0.2) is 74.2 Å². The number of carboxylic acid groups (broad SMARTS) is 1. The van der Waals surface area contributed by atoms with Crippen molar-refractivity contribution in [1.82, 2.24) is 5.06 Å². The predicted molar refractivity (Wildman–Crippen MR) is 95.6 cm³/mol. The van der Waals surface area contributed by atoms with E-state index in [1.54, 1.807) is 34.7 Å². The van der Waals surface area contributed by atoms with Gasteiger partial charge >= 0.3 is 5.97 Å². The quantitative estimate of drug-likeness (QED) is 0.725. The average molecular weight is 391 g/mol. The number of carbonyl (C=O) groups is 2. The molecular formula is C18H33NO8. The van der Waals surface area contributed by atoms with Gasteiger partial charge in [-0.05, 0) is 41.5 Å². The highest BCUT2D eigenvalue weighted by Gasteiger charge is 2.44. The monoisotopic (exact) mass is 391 g/mol. The summed E-state index contributed by atoms with van der Waals surface area (Å²) in [5.41, 5.74) is -1.56. The number of hydrogen-bond acceptors (Lipinski definition) is 7. The van der Waals surface area contributed by atoms with E-state index in [0.717, 1.165) is 0 Å². The Morgan fingerprint density at radius 3 is 1.44 bits per heavy atom. The van der Waals surface area contributed by atoms with Crippen molar-refractivity contribution in [3.8, 4) is 0 Å². The Morgan fingerprint density at radius 2 is 1.15 bits per heavy atom. The normalized spacial score (nSPS) is 24.9. The van der Waals surface area contributed by atoms with E-state index >= 15 is 0 Å². The molecule has 0 radical (unpaired) electrons. The summed E-state index contributed by atoms with van der Waals surface area (Å²) in [5.74, 6) is -2.26. The molecule has 2 aliphatic heterocycles. The number of rotatable bonds is 3. The van der Waals surface area contributed by atoms with Gasteiger partial charge in [0.05, 0.1) is 39.0 Å². The van der Waals surface area contributed by atoms with Crippen LogP contribution in [0.25, 0.3) is 0 Å². The van der Waals surface area contributed by atoms with Crippen molar-refractivity contribution in [2.24, 2.45) is 10.8 Å². The molecule has 158 valence electrons. The second-order valence-corrected chi connectivity index (χ2v) is 8.37. The first-order valence-electron chi connectivity index (χ1n) is 8.78. The molecule has 0 aliphatic carbocycles. The molecule has 2 fully saturated rings. The molecule has 9 heteroatoms. The maximum Gasteiger partial charge on any atom is 0.314 e. The first kappa shape index (κ1) is 23.8. The van der Waals surface area contributed by atoms with Gasteiger partial charge < -0.3 is 24.1 Å². The van der Waals surface area contributed by atoms with Crippen molar-refractivity contribution in [2.75, 3.05) is 40.6 Å². The molecule has 0 aromatic rings. The summed E-state index contributed by atoms with van der Waals surface area (Å²) < 4.78 is 21.4. The molecule has 2 saturated heterocycles. The van der Waals surface area contributed by atoms with E-state index in [1.165, 1.54) is 12.2 Å². The first-order valence-corrected chi connectivity index (χ1v) is 8.78. The van der Waals surface area contributed by atoms with Crippen LogP contribution in [0.2, 0.25) is 0 Å². The first-order chi connectivity index (χ1) is 12.2. The molecule has 0 atom stereocenters. The van der Waals surface area contributed by atoms with Crippen LogP contribution in [0.4, 0.5) is 0 Å². The number of carboxylic acids is 1. The number of hydrogen-bond donors (Lipinski definition) is 1. The second-order valence-electron chi connectivity index (χ2n) is 8.37. The Hall–Kier alpha value is -1.26. The van der Waals surface area contributed by atoms with Crippen molar-refractivity contribution in [3.63, 3.8) is 0 Å². The van der Waals surface area contributed by atoms with Crippen LogP contribution >= 0.6 is 0 Å². The fourth-order valence-electron chi connectivity index (χ4n) is 2.21. The van der Waals surface area contributed by atoms with Crippen LogP contribution in [0.1, 0.15) is 41.5 Å². The average Bonchev–Trinajstić information content (AvgIpc) is 2.59. The molecule has 27 heavy (non-hydrogen) atoms. The van der Waals surface area contributed by atoms with Crippen molar-refractivity contribution in [2.45, 2.75) is 53.1 Å². The lowest BCUT2D eigenvalue weighted by Crippen LogP contribution is -2.52. The molecule has 2 rings (SSSR count). The minimum Gasteiger partial charge on any atom is -0.481 e. The Morgan fingerprint density at radius 1 is 0.815 bits per heavy atom. The van der Waals surface area contributed by atoms with Crippen LogP contribution in [0.3, 0.4) is 0 Å². The maximum absolute atomic E-state index is 11.9. The SMILES string of the molecule is CC1(C)OCC(C)(C(=O)O)CO1.CON(C)C(=O)C1(C)COC(C)(C)OC1. The Balaban J connectivity index is 0.000000277. The highest BCUT2D eigenvalue weighted by Crippen LogP contribution is 2.31. The van der Waals surface area contributed by atoms with Gasteiger partial charge in [-0.25, -0.2) is 5.06 Å². The van der Waals surface area contributed by atoms with Gasteiger partial charge in [0.2, 0.25) is 0 Å². The number of carbonyl (C=O) groups excluding carboxylic acids is 1. The van der Waals surface area contributed by atoms with E-state index in [2.05, 4.69) is 0 Å². The standard InChI is InChI=1S/C10H19NO4.C8H14O4/c1-9(2)14-6-10(3,7-15-9)8(12)11(4)13-5;1-7(2)11-4-8(3,5-12-7)6(9)10/h6-7H2,1-5H3;4-5H2,1-3H3,(H,9,10). The summed E-state index contributed by atoms with van der Waals surface area (Å²) in [6.45, 7) is 11.7. The Kier molecular flexibility index (Phi) is 7.40. The molecule has 0 aromatic heterocycles. The van der Waals surface area contributed by atoms with E-state index in [-0.39, 0.29) is 19.1 Å². The Bertz CT molecular complexity index is 525. The summed E-state index contributed by atoms with van der Waals surface area (Å²) >= 11 is 0. The lowest BCUT2D eigenvalue weighted by Gasteiger charge is -2.41. The van der Waals surface area contributed by atoms with Crippen LogP contribution in [0.15, 0.2) is 0 Å². The lowest BCUT2D eigenvalue weighted by molar-refractivity contribution is -0.283. The van der Waals surface area contributed by atoms with Gasteiger partial charge in [-0.3, -0.25) is 14.4 Å². The summed E-state index contributed by atoms with van der Waals surface area (Å²) in [6.07, 6.45) is 0. The zero-order valence-corrected chi connectivity index (χ0v) is 17.6. The minimum atomic E-state index is -0.893. The van der Waals surface area contributed by atoms with E-state index in [9.17, 15) is 9.59 Å². The summed E-state index contributed by atoms with van der Waals surface area (Å²) in [4.78, 5) is 27.5. The van der Waals surface area contributed by atoms with Gasteiger partial charge in [-0.1, -0.05) is 0 Å². The van der Waals surface area contributed by atoms with Crippen molar-refractivity contribution in [1.29, 1.82) is 0 Å². The summed E-state index contributed by atoms with van der Waals surface area (Å²) in [6, 6.07) is 0. The molecule has 1 N–H and O–H groups in total. The third-order valence-corrected chi connectivity index (χ3v) is 4.55. The van der Waals surface area contributed by atoms with Gasteiger partial charge in [0, 0.05) is 7.05 Å². The molecule has 0 unspecified atom stereocenters. The summed E-state index contributed by atoms with van der Waals surface area (Å²) in [7, 11) is 3.03. The van der Waals surface area contributed by atoms with E-state index in [4.69, 9.17) is 28.9 Å². The molecule has 9 nitrogen and oxygen atoms in total. The second kappa shape index (κ2) is 8.40.